The second-order valence-electron chi connectivity index (χ2n) is 5.69. The SMILES string of the molecule is CCCCCCNC(=O)[C@@H]1[C@H](C(=O)O)[C@H]2C=C[C@H]1C2. The van der Waals surface area contributed by atoms with Crippen molar-refractivity contribution in [2.24, 2.45) is 23.7 Å². The van der Waals surface area contributed by atoms with Crippen LogP contribution in [0.25, 0.3) is 0 Å². The van der Waals surface area contributed by atoms with Gasteiger partial charge in [-0.15, -0.1) is 0 Å². The normalized spacial score (nSPS) is 31.6. The molecular formula is C15H23NO3. The average molecular weight is 265 g/mol. The third kappa shape index (κ3) is 2.99. The molecule has 1 amide bonds. The summed E-state index contributed by atoms with van der Waals surface area (Å²) in [5.74, 6) is -1.60. The number of aliphatic carboxylic acids is 1. The maximum absolute atomic E-state index is 12.2. The van der Waals surface area contributed by atoms with Gasteiger partial charge in [0, 0.05) is 6.54 Å². The zero-order chi connectivity index (χ0) is 13.8. The smallest absolute Gasteiger partial charge is 0.307 e. The number of nitrogens with one attached hydrogen (secondary N) is 1. The van der Waals surface area contributed by atoms with E-state index in [1.807, 2.05) is 12.2 Å². The van der Waals surface area contributed by atoms with E-state index in [1.54, 1.807) is 0 Å². The Balaban J connectivity index is 1.84. The number of fused-ring (bicyclic) bond motifs is 2. The number of carboxylic acids is 1. The fraction of sp³-hybridized carbons (Fsp3) is 0.733. The van der Waals surface area contributed by atoms with Gasteiger partial charge in [0.15, 0.2) is 0 Å². The Bertz CT molecular complexity index is 378. The summed E-state index contributed by atoms with van der Waals surface area (Å²) >= 11 is 0. The van der Waals surface area contributed by atoms with Gasteiger partial charge in [-0.3, -0.25) is 9.59 Å². The number of amides is 1. The van der Waals surface area contributed by atoms with E-state index in [0.717, 1.165) is 19.3 Å². The lowest BCUT2D eigenvalue weighted by Crippen LogP contribution is -2.40. The van der Waals surface area contributed by atoms with Crippen LogP contribution in [0.5, 0.6) is 0 Å². The monoisotopic (exact) mass is 265 g/mol. The third-order valence-electron chi connectivity index (χ3n) is 4.38. The molecule has 2 aliphatic carbocycles. The highest BCUT2D eigenvalue weighted by Crippen LogP contribution is 2.48. The number of carbonyl (C=O) groups is 2. The summed E-state index contributed by atoms with van der Waals surface area (Å²) in [6.45, 7) is 2.82. The quantitative estimate of drug-likeness (QED) is 0.548. The van der Waals surface area contributed by atoms with Gasteiger partial charge >= 0.3 is 5.97 Å². The Morgan fingerprint density at radius 3 is 2.47 bits per heavy atom. The molecular weight excluding hydrogens is 242 g/mol. The molecule has 0 unspecified atom stereocenters. The molecule has 0 heterocycles. The van der Waals surface area contributed by atoms with E-state index < -0.39 is 11.9 Å². The maximum Gasteiger partial charge on any atom is 0.307 e. The predicted molar refractivity (Wildman–Crippen MR) is 72.5 cm³/mol. The Kier molecular flexibility index (Phi) is 4.61. The van der Waals surface area contributed by atoms with Crippen LogP contribution < -0.4 is 5.32 Å². The molecule has 0 radical (unpaired) electrons. The molecule has 1 fully saturated rings. The van der Waals surface area contributed by atoms with E-state index in [1.165, 1.54) is 12.8 Å². The van der Waals surface area contributed by atoms with Crippen molar-refractivity contribution in [3.63, 3.8) is 0 Å². The molecule has 2 aliphatic rings. The second kappa shape index (κ2) is 6.22. The van der Waals surface area contributed by atoms with Gasteiger partial charge in [0.25, 0.3) is 0 Å². The van der Waals surface area contributed by atoms with Gasteiger partial charge in [0.2, 0.25) is 5.91 Å². The van der Waals surface area contributed by atoms with Crippen LogP contribution in [-0.4, -0.2) is 23.5 Å². The highest BCUT2D eigenvalue weighted by Gasteiger charge is 2.51. The lowest BCUT2D eigenvalue weighted by Gasteiger charge is -2.23. The van der Waals surface area contributed by atoms with Crippen molar-refractivity contribution in [2.45, 2.75) is 39.0 Å². The molecule has 0 aromatic rings. The number of allylic oxidation sites excluding steroid dienone is 2. The molecule has 2 rings (SSSR count). The third-order valence-corrected chi connectivity index (χ3v) is 4.38. The van der Waals surface area contributed by atoms with Gasteiger partial charge in [-0.2, -0.15) is 0 Å². The molecule has 2 N–H and O–H groups in total. The number of hydrogen-bond acceptors (Lipinski definition) is 2. The first-order valence-corrected chi connectivity index (χ1v) is 7.34. The van der Waals surface area contributed by atoms with Crippen molar-refractivity contribution >= 4 is 11.9 Å². The lowest BCUT2D eigenvalue weighted by molar-refractivity contribution is -0.147. The predicted octanol–water partition coefficient (Wildman–Crippen LogP) is 2.21. The molecule has 19 heavy (non-hydrogen) atoms. The van der Waals surface area contributed by atoms with Crippen LogP contribution in [0, 0.1) is 23.7 Å². The van der Waals surface area contributed by atoms with Gasteiger partial charge in [0.1, 0.15) is 0 Å². The van der Waals surface area contributed by atoms with Crippen molar-refractivity contribution in [1.29, 1.82) is 0 Å². The van der Waals surface area contributed by atoms with E-state index in [0.29, 0.717) is 6.54 Å². The van der Waals surface area contributed by atoms with Crippen LogP contribution in [0.15, 0.2) is 12.2 Å². The van der Waals surface area contributed by atoms with Gasteiger partial charge in [0.05, 0.1) is 11.8 Å². The lowest BCUT2D eigenvalue weighted by atomic mass is 9.82. The van der Waals surface area contributed by atoms with Crippen LogP contribution in [-0.2, 0) is 9.59 Å². The molecule has 2 bridgehead atoms. The first-order chi connectivity index (χ1) is 9.15. The molecule has 0 aromatic carbocycles. The Morgan fingerprint density at radius 1 is 1.16 bits per heavy atom. The summed E-state index contributed by atoms with van der Waals surface area (Å²) in [5.41, 5.74) is 0. The summed E-state index contributed by atoms with van der Waals surface area (Å²) in [7, 11) is 0. The fourth-order valence-electron chi connectivity index (χ4n) is 3.40. The summed E-state index contributed by atoms with van der Waals surface area (Å²) in [6.07, 6.45) is 9.27. The minimum atomic E-state index is -0.831. The van der Waals surface area contributed by atoms with E-state index in [9.17, 15) is 14.7 Å². The number of carboxylic acid groups (broad SMARTS) is 1. The molecule has 4 nitrogen and oxygen atoms in total. The van der Waals surface area contributed by atoms with Gasteiger partial charge in [-0.25, -0.2) is 0 Å². The molecule has 0 aromatic heterocycles. The summed E-state index contributed by atoms with van der Waals surface area (Å²) in [5, 5.41) is 12.2. The molecule has 0 saturated heterocycles. The van der Waals surface area contributed by atoms with Crippen LogP contribution in [0.3, 0.4) is 0 Å². The summed E-state index contributed by atoms with van der Waals surface area (Å²) in [6, 6.07) is 0. The maximum atomic E-state index is 12.2. The largest absolute Gasteiger partial charge is 0.481 e. The van der Waals surface area contributed by atoms with Crippen molar-refractivity contribution in [3.05, 3.63) is 12.2 Å². The van der Waals surface area contributed by atoms with Crippen molar-refractivity contribution in [1.82, 2.24) is 5.32 Å². The fourth-order valence-corrected chi connectivity index (χ4v) is 3.40. The molecule has 0 aliphatic heterocycles. The zero-order valence-corrected chi connectivity index (χ0v) is 11.5. The van der Waals surface area contributed by atoms with Crippen LogP contribution in [0.4, 0.5) is 0 Å². The summed E-state index contributed by atoms with van der Waals surface area (Å²) < 4.78 is 0. The van der Waals surface area contributed by atoms with Crippen LogP contribution in [0.1, 0.15) is 39.0 Å². The van der Waals surface area contributed by atoms with E-state index >= 15 is 0 Å². The average Bonchev–Trinajstić information content (AvgIpc) is 2.98. The van der Waals surface area contributed by atoms with Crippen molar-refractivity contribution in [3.8, 4) is 0 Å². The number of carbonyl (C=O) groups excluding carboxylic acids is 1. The number of unbranched alkanes of at least 4 members (excludes halogenated alkanes) is 3. The molecule has 4 heteroatoms. The van der Waals surface area contributed by atoms with Gasteiger partial charge in [-0.05, 0) is 24.7 Å². The Hall–Kier alpha value is -1.32. The highest BCUT2D eigenvalue weighted by molar-refractivity contribution is 5.86. The molecule has 0 spiro atoms. The number of rotatable bonds is 7. The van der Waals surface area contributed by atoms with Crippen molar-refractivity contribution < 1.29 is 14.7 Å². The minimum absolute atomic E-state index is 0.0540. The van der Waals surface area contributed by atoms with Crippen LogP contribution >= 0.6 is 0 Å². The Morgan fingerprint density at radius 2 is 1.84 bits per heavy atom. The summed E-state index contributed by atoms with van der Waals surface area (Å²) in [4.78, 5) is 23.5. The topological polar surface area (TPSA) is 66.4 Å². The molecule has 1 saturated carbocycles. The van der Waals surface area contributed by atoms with Gasteiger partial charge < -0.3 is 10.4 Å². The van der Waals surface area contributed by atoms with Crippen LogP contribution in [0.2, 0.25) is 0 Å². The van der Waals surface area contributed by atoms with Crippen molar-refractivity contribution in [2.75, 3.05) is 6.54 Å². The minimum Gasteiger partial charge on any atom is -0.481 e. The van der Waals surface area contributed by atoms with E-state index in [2.05, 4.69) is 12.2 Å². The first kappa shape index (κ1) is 14.1. The first-order valence-electron chi connectivity index (χ1n) is 7.34. The number of hydrogen-bond donors (Lipinski definition) is 2. The van der Waals surface area contributed by atoms with E-state index in [4.69, 9.17) is 0 Å². The molecule has 4 atom stereocenters. The Labute approximate surface area is 114 Å². The highest BCUT2D eigenvalue weighted by atomic mass is 16.4. The standard InChI is InChI=1S/C15H23NO3/c1-2-3-4-5-8-16-14(17)12-10-6-7-11(9-10)13(12)15(18)19/h6-7,10-13H,2-5,8-9H2,1H3,(H,16,17)(H,18,19)/t10-,11-,12-,13+/m0/s1. The second-order valence-corrected chi connectivity index (χ2v) is 5.69. The molecule has 106 valence electrons. The van der Waals surface area contributed by atoms with E-state index in [-0.39, 0.29) is 23.7 Å². The van der Waals surface area contributed by atoms with Gasteiger partial charge in [-0.1, -0.05) is 38.3 Å². The zero-order valence-electron chi connectivity index (χ0n) is 11.5.